The van der Waals surface area contributed by atoms with Crippen molar-refractivity contribution in [3.63, 3.8) is 0 Å². The van der Waals surface area contributed by atoms with E-state index in [-0.39, 0.29) is 29.8 Å². The molecule has 1 aromatic carbocycles. The van der Waals surface area contributed by atoms with Gasteiger partial charge >= 0.3 is 5.97 Å². The predicted octanol–water partition coefficient (Wildman–Crippen LogP) is 5.12. The van der Waals surface area contributed by atoms with E-state index in [0.717, 1.165) is 25.7 Å². The number of carboxylic acids is 1. The summed E-state index contributed by atoms with van der Waals surface area (Å²) in [6, 6.07) is 8.66. The number of aliphatic hydroxyl groups is 1. The number of aryl methyl sites for hydroxylation is 1. The molecule has 3 fully saturated rings. The average Bonchev–Trinajstić information content (AvgIpc) is 3.00. The number of aliphatic hydroxyl groups excluding tert-OH is 1. The summed E-state index contributed by atoms with van der Waals surface area (Å²) in [4.78, 5) is 24.6. The van der Waals surface area contributed by atoms with E-state index in [1.54, 1.807) is 0 Å². The number of fused-ring (bicyclic) bond motifs is 3. The fourth-order valence-corrected chi connectivity index (χ4v) is 7.33. The lowest BCUT2D eigenvalue weighted by Crippen LogP contribution is -2.55. The van der Waals surface area contributed by atoms with E-state index in [0.29, 0.717) is 36.9 Å². The van der Waals surface area contributed by atoms with Crippen LogP contribution < -0.4 is 0 Å². The zero-order valence-electron chi connectivity index (χ0n) is 18.6. The minimum absolute atomic E-state index is 0.0630. The molecule has 3 aliphatic carbocycles. The molecule has 30 heavy (non-hydrogen) atoms. The Labute approximate surface area is 180 Å². The molecule has 0 aromatic heterocycles. The molecule has 4 nitrogen and oxygen atoms in total. The Morgan fingerprint density at radius 2 is 1.80 bits per heavy atom. The van der Waals surface area contributed by atoms with Gasteiger partial charge in [-0.15, -0.1) is 0 Å². The molecule has 4 rings (SSSR count). The summed E-state index contributed by atoms with van der Waals surface area (Å²) >= 11 is 0. The van der Waals surface area contributed by atoms with Crippen molar-refractivity contribution in [3.8, 4) is 0 Å². The van der Waals surface area contributed by atoms with Gasteiger partial charge in [-0.2, -0.15) is 0 Å². The number of carbonyl (C=O) groups excluding carboxylic acids is 1. The number of rotatable bonds is 5. The fraction of sp³-hybridized carbons (Fsp3) is 0.692. The van der Waals surface area contributed by atoms with Crippen LogP contribution in [0.4, 0.5) is 0 Å². The first-order valence-corrected chi connectivity index (χ1v) is 11.7. The van der Waals surface area contributed by atoms with Crippen molar-refractivity contribution in [3.05, 3.63) is 35.4 Å². The Balaban J connectivity index is 1.72. The SMILES string of the molecule is Cc1ccc([C@H]2CC(=O)[C@](C)(CCCC(=O)O)[C@H]3CC[C@]4(C)[C@@H](O)CC[C@H]4[C@H]23)cc1. The molecule has 0 heterocycles. The predicted molar refractivity (Wildman–Crippen MR) is 116 cm³/mol. The van der Waals surface area contributed by atoms with Gasteiger partial charge in [-0.05, 0) is 80.1 Å². The molecular weight excluding hydrogens is 376 g/mol. The molecule has 7 atom stereocenters. The van der Waals surface area contributed by atoms with Crippen molar-refractivity contribution in [2.45, 2.75) is 84.2 Å². The number of carbonyl (C=O) groups is 2. The highest BCUT2D eigenvalue weighted by Gasteiger charge is 2.61. The molecule has 0 unspecified atom stereocenters. The second-order valence-electron chi connectivity index (χ2n) is 10.7. The van der Waals surface area contributed by atoms with Crippen LogP contribution in [0.5, 0.6) is 0 Å². The maximum absolute atomic E-state index is 13.5. The third-order valence-electron chi connectivity index (χ3n) is 9.20. The van der Waals surface area contributed by atoms with E-state index in [9.17, 15) is 14.7 Å². The Hall–Kier alpha value is -1.68. The van der Waals surface area contributed by atoms with Gasteiger partial charge in [-0.1, -0.05) is 43.7 Å². The van der Waals surface area contributed by atoms with Gasteiger partial charge in [0.1, 0.15) is 5.78 Å². The summed E-state index contributed by atoms with van der Waals surface area (Å²) in [6.45, 7) is 6.45. The zero-order chi connectivity index (χ0) is 21.7. The summed E-state index contributed by atoms with van der Waals surface area (Å²) in [7, 11) is 0. The largest absolute Gasteiger partial charge is 0.481 e. The van der Waals surface area contributed by atoms with E-state index in [1.165, 1.54) is 11.1 Å². The first kappa shape index (κ1) is 21.5. The third-order valence-corrected chi connectivity index (χ3v) is 9.20. The van der Waals surface area contributed by atoms with Crippen molar-refractivity contribution < 1.29 is 19.8 Å². The van der Waals surface area contributed by atoms with Gasteiger partial charge in [0, 0.05) is 18.3 Å². The molecule has 0 aliphatic heterocycles. The molecule has 3 saturated carbocycles. The molecule has 4 heteroatoms. The second kappa shape index (κ2) is 7.78. The summed E-state index contributed by atoms with van der Waals surface area (Å²) in [5.41, 5.74) is 1.96. The second-order valence-corrected chi connectivity index (χ2v) is 10.7. The quantitative estimate of drug-likeness (QED) is 0.704. The maximum Gasteiger partial charge on any atom is 0.303 e. The Morgan fingerprint density at radius 3 is 2.47 bits per heavy atom. The van der Waals surface area contributed by atoms with Crippen molar-refractivity contribution in [1.29, 1.82) is 0 Å². The van der Waals surface area contributed by atoms with Crippen molar-refractivity contribution >= 4 is 11.8 Å². The number of benzene rings is 1. The highest BCUT2D eigenvalue weighted by Crippen LogP contribution is 2.65. The molecule has 1 aromatic rings. The van der Waals surface area contributed by atoms with E-state index >= 15 is 0 Å². The van der Waals surface area contributed by atoms with Crippen LogP contribution in [0.25, 0.3) is 0 Å². The van der Waals surface area contributed by atoms with Crippen LogP contribution in [-0.2, 0) is 9.59 Å². The van der Waals surface area contributed by atoms with Gasteiger partial charge in [0.05, 0.1) is 6.10 Å². The highest BCUT2D eigenvalue weighted by atomic mass is 16.4. The number of carboxylic acid groups (broad SMARTS) is 1. The molecule has 3 aliphatic rings. The Morgan fingerprint density at radius 1 is 1.10 bits per heavy atom. The molecule has 0 spiro atoms. The lowest BCUT2D eigenvalue weighted by atomic mass is 9.46. The lowest BCUT2D eigenvalue weighted by Gasteiger charge is -2.58. The molecule has 0 saturated heterocycles. The van der Waals surface area contributed by atoms with Crippen LogP contribution in [0.15, 0.2) is 24.3 Å². The highest BCUT2D eigenvalue weighted by molar-refractivity contribution is 5.87. The van der Waals surface area contributed by atoms with Crippen LogP contribution in [0.1, 0.15) is 82.3 Å². The summed E-state index contributed by atoms with van der Waals surface area (Å²) < 4.78 is 0. The number of hydrogen-bond donors (Lipinski definition) is 2. The Kier molecular flexibility index (Phi) is 5.59. The standard InChI is InChI=1S/C26H36O4/c1-16-6-8-17(9-7-16)18-15-22(28)25(2,13-4-5-23(29)30)20-12-14-26(3)19(24(18)20)10-11-21(26)27/h6-9,18-21,24,27H,4-5,10-15H2,1-3H3,(H,29,30)/t18-,19+,20+,21+,24+,25-,26+/m1/s1. The van der Waals surface area contributed by atoms with Gasteiger partial charge in [-0.3, -0.25) is 9.59 Å². The molecule has 164 valence electrons. The van der Waals surface area contributed by atoms with Crippen LogP contribution in [-0.4, -0.2) is 28.1 Å². The molecule has 0 bridgehead atoms. The fourth-order valence-electron chi connectivity index (χ4n) is 7.33. The monoisotopic (exact) mass is 412 g/mol. The summed E-state index contributed by atoms with van der Waals surface area (Å²) in [5.74, 6) is 0.779. The van der Waals surface area contributed by atoms with Gasteiger partial charge in [-0.25, -0.2) is 0 Å². The first-order chi connectivity index (χ1) is 14.2. The average molecular weight is 413 g/mol. The minimum atomic E-state index is -0.786. The van der Waals surface area contributed by atoms with Crippen LogP contribution in [0.2, 0.25) is 0 Å². The van der Waals surface area contributed by atoms with Crippen molar-refractivity contribution in [1.82, 2.24) is 0 Å². The molecule has 2 N–H and O–H groups in total. The number of Topliss-reactive ketones (excluding diaryl/α,β-unsaturated/α-hetero) is 1. The smallest absolute Gasteiger partial charge is 0.303 e. The van der Waals surface area contributed by atoms with Gasteiger partial charge < -0.3 is 10.2 Å². The van der Waals surface area contributed by atoms with Crippen LogP contribution in [0.3, 0.4) is 0 Å². The van der Waals surface area contributed by atoms with E-state index in [1.807, 2.05) is 0 Å². The first-order valence-electron chi connectivity index (χ1n) is 11.7. The summed E-state index contributed by atoms with van der Waals surface area (Å²) in [5, 5.41) is 19.9. The minimum Gasteiger partial charge on any atom is -0.481 e. The number of ketones is 1. The topological polar surface area (TPSA) is 74.6 Å². The van der Waals surface area contributed by atoms with Crippen LogP contribution in [0, 0.1) is 35.5 Å². The number of hydrogen-bond acceptors (Lipinski definition) is 3. The molecule has 0 radical (unpaired) electrons. The Bertz CT molecular complexity index is 815. The maximum atomic E-state index is 13.5. The molecule has 0 amide bonds. The van der Waals surface area contributed by atoms with E-state index in [4.69, 9.17) is 5.11 Å². The molecular formula is C26H36O4. The normalized spacial score (nSPS) is 40.7. The van der Waals surface area contributed by atoms with Crippen molar-refractivity contribution in [2.75, 3.05) is 0 Å². The van der Waals surface area contributed by atoms with Crippen molar-refractivity contribution in [2.24, 2.45) is 28.6 Å². The van der Waals surface area contributed by atoms with Gasteiger partial charge in [0.15, 0.2) is 0 Å². The van der Waals surface area contributed by atoms with Gasteiger partial charge in [0.25, 0.3) is 0 Å². The summed E-state index contributed by atoms with van der Waals surface area (Å²) in [6.07, 6.45) is 5.42. The van der Waals surface area contributed by atoms with E-state index < -0.39 is 11.4 Å². The van der Waals surface area contributed by atoms with Crippen LogP contribution >= 0.6 is 0 Å². The zero-order valence-corrected chi connectivity index (χ0v) is 18.6. The number of aliphatic carboxylic acids is 1. The van der Waals surface area contributed by atoms with E-state index in [2.05, 4.69) is 45.0 Å². The van der Waals surface area contributed by atoms with Gasteiger partial charge in [0.2, 0.25) is 0 Å². The lowest BCUT2D eigenvalue weighted by molar-refractivity contribution is -0.151. The third kappa shape index (κ3) is 3.41.